The molecule has 16 heavy (non-hydrogen) atoms. The van der Waals surface area contributed by atoms with Crippen LogP contribution in [0.1, 0.15) is 27.7 Å². The molecule has 1 aliphatic rings. The van der Waals surface area contributed by atoms with Gasteiger partial charge in [0.05, 0.1) is 18.1 Å². The first-order chi connectivity index (χ1) is 7.20. The van der Waals surface area contributed by atoms with Crippen LogP contribution in [0.25, 0.3) is 0 Å². The van der Waals surface area contributed by atoms with E-state index in [1.54, 1.807) is 0 Å². The van der Waals surface area contributed by atoms with E-state index >= 15 is 0 Å². The van der Waals surface area contributed by atoms with E-state index in [1.165, 1.54) is 0 Å². The Hall–Kier alpha value is -0.450. The standard InChI is InChI=1S/C12H23NO3/c1-11(2)9(8-13(5)6-7-14)10(15)12(3,4)16-11/h9,14H,6-8H2,1-5H3. The molecule has 0 amide bonds. The van der Waals surface area contributed by atoms with Crippen molar-refractivity contribution in [2.45, 2.75) is 38.9 Å². The van der Waals surface area contributed by atoms with Crippen LogP contribution < -0.4 is 0 Å². The van der Waals surface area contributed by atoms with Crippen LogP contribution in [0.15, 0.2) is 0 Å². The fourth-order valence-electron chi connectivity index (χ4n) is 2.39. The second-order valence-electron chi connectivity index (χ2n) is 5.62. The summed E-state index contributed by atoms with van der Waals surface area (Å²) in [6, 6.07) is 0. The molecule has 4 nitrogen and oxygen atoms in total. The maximum absolute atomic E-state index is 12.2. The van der Waals surface area contributed by atoms with Crippen molar-refractivity contribution in [1.29, 1.82) is 0 Å². The molecule has 1 saturated heterocycles. The van der Waals surface area contributed by atoms with Crippen molar-refractivity contribution in [2.75, 3.05) is 26.7 Å². The van der Waals surface area contributed by atoms with Crippen LogP contribution in [-0.2, 0) is 9.53 Å². The lowest BCUT2D eigenvalue weighted by atomic mass is 9.85. The third-order valence-corrected chi connectivity index (χ3v) is 3.24. The average Bonchev–Trinajstić information content (AvgIpc) is 2.24. The van der Waals surface area contributed by atoms with Gasteiger partial charge in [0, 0.05) is 13.1 Å². The topological polar surface area (TPSA) is 49.8 Å². The lowest BCUT2D eigenvalue weighted by Gasteiger charge is -2.28. The lowest BCUT2D eigenvalue weighted by Crippen LogP contribution is -2.40. The summed E-state index contributed by atoms with van der Waals surface area (Å²) in [5, 5.41) is 8.85. The summed E-state index contributed by atoms with van der Waals surface area (Å²) in [5.41, 5.74) is -1.11. The van der Waals surface area contributed by atoms with Gasteiger partial charge in [0.15, 0.2) is 5.78 Å². The van der Waals surface area contributed by atoms with E-state index < -0.39 is 11.2 Å². The molecule has 1 heterocycles. The molecule has 0 aromatic heterocycles. The van der Waals surface area contributed by atoms with E-state index in [4.69, 9.17) is 9.84 Å². The van der Waals surface area contributed by atoms with Gasteiger partial charge in [-0.25, -0.2) is 0 Å². The third kappa shape index (κ3) is 2.62. The number of aliphatic hydroxyl groups excluding tert-OH is 1. The molecule has 94 valence electrons. The van der Waals surface area contributed by atoms with Crippen LogP contribution in [0.4, 0.5) is 0 Å². The summed E-state index contributed by atoms with van der Waals surface area (Å²) in [6.45, 7) is 8.89. The van der Waals surface area contributed by atoms with Gasteiger partial charge in [0.25, 0.3) is 0 Å². The maximum atomic E-state index is 12.2. The normalized spacial score (nSPS) is 27.7. The largest absolute Gasteiger partial charge is 0.395 e. The number of ketones is 1. The van der Waals surface area contributed by atoms with Crippen LogP contribution in [-0.4, -0.2) is 53.7 Å². The maximum Gasteiger partial charge on any atom is 0.171 e. The number of carbonyl (C=O) groups excluding carboxylic acids is 1. The van der Waals surface area contributed by atoms with Crippen molar-refractivity contribution in [2.24, 2.45) is 5.92 Å². The molecule has 0 saturated carbocycles. The van der Waals surface area contributed by atoms with Crippen molar-refractivity contribution < 1.29 is 14.6 Å². The predicted molar refractivity (Wildman–Crippen MR) is 62.3 cm³/mol. The van der Waals surface area contributed by atoms with Gasteiger partial charge in [-0.3, -0.25) is 4.79 Å². The summed E-state index contributed by atoms with van der Waals surface area (Å²) in [5.74, 6) is 0.0290. The van der Waals surface area contributed by atoms with Crippen molar-refractivity contribution in [3.8, 4) is 0 Å². The molecule has 1 unspecified atom stereocenters. The number of likely N-dealkylation sites (N-methyl/N-ethyl adjacent to an activating group) is 1. The second kappa shape index (κ2) is 4.43. The molecule has 0 radical (unpaired) electrons. The number of rotatable bonds is 4. The van der Waals surface area contributed by atoms with Crippen molar-refractivity contribution >= 4 is 5.78 Å². The number of Topliss-reactive ketones (excluding diaryl/α,β-unsaturated/α-hetero) is 1. The van der Waals surface area contributed by atoms with Gasteiger partial charge in [0.2, 0.25) is 0 Å². The Kier molecular flexibility index (Phi) is 3.77. The number of ether oxygens (including phenoxy) is 1. The second-order valence-corrected chi connectivity index (χ2v) is 5.62. The highest BCUT2D eigenvalue weighted by Crippen LogP contribution is 2.39. The Morgan fingerprint density at radius 2 is 1.94 bits per heavy atom. The highest BCUT2D eigenvalue weighted by Gasteiger charge is 2.53. The van der Waals surface area contributed by atoms with E-state index in [9.17, 15) is 4.79 Å². The highest BCUT2D eigenvalue weighted by molar-refractivity contribution is 5.91. The summed E-state index contributed by atoms with van der Waals surface area (Å²) in [7, 11) is 1.91. The zero-order valence-corrected chi connectivity index (χ0v) is 10.9. The van der Waals surface area contributed by atoms with Gasteiger partial charge in [-0.15, -0.1) is 0 Å². The molecule has 1 fully saturated rings. The lowest BCUT2D eigenvalue weighted by molar-refractivity contribution is -0.132. The Balaban J connectivity index is 2.75. The van der Waals surface area contributed by atoms with Crippen LogP contribution in [0.5, 0.6) is 0 Å². The van der Waals surface area contributed by atoms with E-state index in [1.807, 2.05) is 39.6 Å². The fourth-order valence-corrected chi connectivity index (χ4v) is 2.39. The SMILES string of the molecule is CN(CCO)CC1C(=O)C(C)(C)OC1(C)C. The monoisotopic (exact) mass is 229 g/mol. The van der Waals surface area contributed by atoms with Crippen LogP contribution >= 0.6 is 0 Å². The zero-order valence-electron chi connectivity index (χ0n) is 10.9. The summed E-state index contributed by atoms with van der Waals surface area (Å²) in [6.07, 6.45) is 0. The summed E-state index contributed by atoms with van der Waals surface area (Å²) < 4.78 is 5.80. The van der Waals surface area contributed by atoms with E-state index in [-0.39, 0.29) is 18.3 Å². The molecular formula is C12H23NO3. The van der Waals surface area contributed by atoms with Gasteiger partial charge >= 0.3 is 0 Å². The van der Waals surface area contributed by atoms with Gasteiger partial charge in [-0.2, -0.15) is 0 Å². The van der Waals surface area contributed by atoms with Crippen molar-refractivity contribution in [3.63, 3.8) is 0 Å². The van der Waals surface area contributed by atoms with E-state index in [0.717, 1.165) is 0 Å². The van der Waals surface area contributed by atoms with Gasteiger partial charge in [-0.05, 0) is 34.7 Å². The van der Waals surface area contributed by atoms with Gasteiger partial charge in [-0.1, -0.05) is 0 Å². The summed E-state index contributed by atoms with van der Waals surface area (Å²) >= 11 is 0. The van der Waals surface area contributed by atoms with Crippen molar-refractivity contribution in [3.05, 3.63) is 0 Å². The zero-order chi connectivity index (χ0) is 12.6. The molecule has 1 N–H and O–H groups in total. The van der Waals surface area contributed by atoms with Crippen LogP contribution in [0, 0.1) is 5.92 Å². The van der Waals surface area contributed by atoms with E-state index in [0.29, 0.717) is 13.1 Å². The molecular weight excluding hydrogens is 206 g/mol. The third-order valence-electron chi connectivity index (χ3n) is 3.24. The smallest absolute Gasteiger partial charge is 0.171 e. The minimum Gasteiger partial charge on any atom is -0.395 e. The number of aliphatic hydroxyl groups is 1. The average molecular weight is 229 g/mol. The molecule has 0 aromatic rings. The quantitative estimate of drug-likeness (QED) is 0.770. The first kappa shape index (κ1) is 13.6. The van der Waals surface area contributed by atoms with Gasteiger partial charge in [0.1, 0.15) is 5.60 Å². The minimum atomic E-state index is -0.686. The fraction of sp³-hybridized carbons (Fsp3) is 0.917. The Morgan fingerprint density at radius 1 is 1.38 bits per heavy atom. The molecule has 4 heteroatoms. The predicted octanol–water partition coefficient (Wildman–Crippen LogP) is 0.683. The molecule has 1 rings (SSSR count). The highest BCUT2D eigenvalue weighted by atomic mass is 16.5. The number of carbonyl (C=O) groups is 1. The van der Waals surface area contributed by atoms with E-state index in [2.05, 4.69) is 0 Å². The van der Waals surface area contributed by atoms with Crippen LogP contribution in [0.3, 0.4) is 0 Å². The van der Waals surface area contributed by atoms with Gasteiger partial charge < -0.3 is 14.7 Å². The number of hydrogen-bond acceptors (Lipinski definition) is 4. The minimum absolute atomic E-state index is 0.113. The van der Waals surface area contributed by atoms with Crippen LogP contribution in [0.2, 0.25) is 0 Å². The Morgan fingerprint density at radius 3 is 2.31 bits per heavy atom. The van der Waals surface area contributed by atoms with Crippen molar-refractivity contribution in [1.82, 2.24) is 4.90 Å². The molecule has 1 atom stereocenters. The first-order valence-corrected chi connectivity index (χ1v) is 5.74. The molecule has 0 spiro atoms. The molecule has 0 aliphatic carbocycles. The number of nitrogens with zero attached hydrogens (tertiary/aromatic N) is 1. The first-order valence-electron chi connectivity index (χ1n) is 5.74. The number of hydrogen-bond donors (Lipinski definition) is 1. The Bertz CT molecular complexity index is 273. The molecule has 0 bridgehead atoms. The molecule has 0 aromatic carbocycles. The Labute approximate surface area is 97.6 Å². The summed E-state index contributed by atoms with van der Waals surface area (Å²) in [4.78, 5) is 14.1. The molecule has 1 aliphatic heterocycles.